The maximum absolute atomic E-state index is 12.3. The molecule has 1 atom stereocenters. The van der Waals surface area contributed by atoms with E-state index >= 15 is 0 Å². The van der Waals surface area contributed by atoms with E-state index in [0.717, 1.165) is 25.8 Å². The highest BCUT2D eigenvalue weighted by Gasteiger charge is 2.26. The molecule has 4 heteroatoms. The van der Waals surface area contributed by atoms with Crippen LogP contribution < -0.4 is 5.73 Å². The minimum atomic E-state index is 0.0871. The number of pyridine rings is 1. The largest absolute Gasteiger partial charge is 0.384 e. The molecule has 0 aliphatic carbocycles. The van der Waals surface area contributed by atoms with Crippen LogP contribution in [0.1, 0.15) is 43.0 Å². The van der Waals surface area contributed by atoms with Crippen LogP contribution >= 0.6 is 0 Å². The molecule has 1 amide bonds. The number of hydrogen-bond acceptors (Lipinski definition) is 3. The molecule has 92 valence electrons. The number of nitrogens with two attached hydrogens (primary N) is 1. The topological polar surface area (TPSA) is 59.2 Å². The SMILES string of the molecule is CCC1CCCCN1C(=O)c1ccc(N)nc1. The van der Waals surface area contributed by atoms with Crippen LogP contribution in [0.4, 0.5) is 5.82 Å². The number of anilines is 1. The normalized spacial score (nSPS) is 20.3. The second kappa shape index (κ2) is 5.17. The van der Waals surface area contributed by atoms with Gasteiger partial charge in [0.1, 0.15) is 5.82 Å². The first-order valence-corrected chi connectivity index (χ1v) is 6.25. The highest BCUT2D eigenvalue weighted by atomic mass is 16.2. The maximum atomic E-state index is 12.3. The minimum absolute atomic E-state index is 0.0871. The van der Waals surface area contributed by atoms with Crippen molar-refractivity contribution >= 4 is 11.7 Å². The summed E-state index contributed by atoms with van der Waals surface area (Å²) in [7, 11) is 0. The Morgan fingerprint density at radius 3 is 3.00 bits per heavy atom. The fourth-order valence-electron chi connectivity index (χ4n) is 2.39. The van der Waals surface area contributed by atoms with Gasteiger partial charge in [0.05, 0.1) is 5.56 Å². The van der Waals surface area contributed by atoms with Gasteiger partial charge in [-0.05, 0) is 37.8 Å². The summed E-state index contributed by atoms with van der Waals surface area (Å²) in [5.41, 5.74) is 6.16. The molecule has 1 unspecified atom stereocenters. The molecular weight excluding hydrogens is 214 g/mol. The average molecular weight is 233 g/mol. The molecule has 2 heterocycles. The second-order valence-electron chi connectivity index (χ2n) is 4.53. The highest BCUT2D eigenvalue weighted by molar-refractivity contribution is 5.94. The molecule has 0 radical (unpaired) electrons. The number of hydrogen-bond donors (Lipinski definition) is 1. The van der Waals surface area contributed by atoms with Gasteiger partial charge < -0.3 is 10.6 Å². The zero-order valence-electron chi connectivity index (χ0n) is 10.2. The van der Waals surface area contributed by atoms with E-state index in [1.807, 2.05) is 4.90 Å². The van der Waals surface area contributed by atoms with E-state index in [4.69, 9.17) is 5.73 Å². The van der Waals surface area contributed by atoms with Crippen LogP contribution in [-0.2, 0) is 0 Å². The van der Waals surface area contributed by atoms with E-state index in [2.05, 4.69) is 11.9 Å². The van der Waals surface area contributed by atoms with Gasteiger partial charge in [0.15, 0.2) is 0 Å². The lowest BCUT2D eigenvalue weighted by molar-refractivity contribution is 0.0607. The Labute approximate surface area is 102 Å². The van der Waals surface area contributed by atoms with Crippen LogP contribution in [0.25, 0.3) is 0 Å². The molecule has 2 rings (SSSR count). The molecule has 0 aromatic carbocycles. The summed E-state index contributed by atoms with van der Waals surface area (Å²) in [6.45, 7) is 3.00. The zero-order valence-corrected chi connectivity index (χ0v) is 10.2. The standard InChI is InChI=1S/C13H19N3O/c1-2-11-5-3-4-8-16(11)13(17)10-6-7-12(14)15-9-10/h6-7,9,11H,2-5,8H2,1H3,(H2,14,15). The van der Waals surface area contributed by atoms with Crippen LogP contribution in [0.15, 0.2) is 18.3 Å². The van der Waals surface area contributed by atoms with E-state index in [-0.39, 0.29) is 5.91 Å². The number of carbonyl (C=O) groups excluding carboxylic acids is 1. The van der Waals surface area contributed by atoms with Crippen molar-refractivity contribution in [1.82, 2.24) is 9.88 Å². The number of aromatic nitrogens is 1. The minimum Gasteiger partial charge on any atom is -0.384 e. The number of nitrogen functional groups attached to an aromatic ring is 1. The Morgan fingerprint density at radius 1 is 1.53 bits per heavy atom. The van der Waals surface area contributed by atoms with Crippen LogP contribution in [-0.4, -0.2) is 28.4 Å². The van der Waals surface area contributed by atoms with Crippen LogP contribution in [0, 0.1) is 0 Å². The quantitative estimate of drug-likeness (QED) is 0.850. The van der Waals surface area contributed by atoms with E-state index in [1.165, 1.54) is 6.42 Å². The molecule has 2 N–H and O–H groups in total. The van der Waals surface area contributed by atoms with Crippen molar-refractivity contribution in [2.45, 2.75) is 38.6 Å². The van der Waals surface area contributed by atoms with Crippen molar-refractivity contribution in [3.8, 4) is 0 Å². The average Bonchev–Trinajstić information content (AvgIpc) is 2.39. The second-order valence-corrected chi connectivity index (χ2v) is 4.53. The molecular formula is C13H19N3O. The smallest absolute Gasteiger partial charge is 0.255 e. The summed E-state index contributed by atoms with van der Waals surface area (Å²) < 4.78 is 0. The summed E-state index contributed by atoms with van der Waals surface area (Å²) in [4.78, 5) is 18.3. The first-order valence-electron chi connectivity index (χ1n) is 6.25. The first kappa shape index (κ1) is 11.9. The fraction of sp³-hybridized carbons (Fsp3) is 0.538. The number of nitrogens with zero attached hydrogens (tertiary/aromatic N) is 2. The molecule has 1 aliphatic rings. The number of carbonyl (C=O) groups is 1. The van der Waals surface area contributed by atoms with Crippen molar-refractivity contribution in [3.05, 3.63) is 23.9 Å². The highest BCUT2D eigenvalue weighted by Crippen LogP contribution is 2.21. The van der Waals surface area contributed by atoms with Crippen LogP contribution in [0.5, 0.6) is 0 Å². The van der Waals surface area contributed by atoms with Gasteiger partial charge in [-0.1, -0.05) is 6.92 Å². The van der Waals surface area contributed by atoms with E-state index in [0.29, 0.717) is 17.4 Å². The predicted octanol–water partition coefficient (Wildman–Crippen LogP) is 2.07. The lowest BCUT2D eigenvalue weighted by Gasteiger charge is -2.35. The number of piperidine rings is 1. The van der Waals surface area contributed by atoms with Crippen molar-refractivity contribution in [2.75, 3.05) is 12.3 Å². The Kier molecular flexibility index (Phi) is 3.61. The molecule has 1 saturated heterocycles. The van der Waals surface area contributed by atoms with Gasteiger partial charge in [-0.15, -0.1) is 0 Å². The molecule has 17 heavy (non-hydrogen) atoms. The Balaban J connectivity index is 2.15. The summed E-state index contributed by atoms with van der Waals surface area (Å²) >= 11 is 0. The lowest BCUT2D eigenvalue weighted by Crippen LogP contribution is -2.43. The Morgan fingerprint density at radius 2 is 2.35 bits per heavy atom. The molecule has 0 bridgehead atoms. The first-order chi connectivity index (χ1) is 8.22. The van der Waals surface area contributed by atoms with E-state index in [1.54, 1.807) is 18.3 Å². The number of amides is 1. The molecule has 1 aliphatic heterocycles. The summed E-state index contributed by atoms with van der Waals surface area (Å²) in [6, 6.07) is 3.82. The summed E-state index contributed by atoms with van der Waals surface area (Å²) in [5, 5.41) is 0. The van der Waals surface area contributed by atoms with Gasteiger partial charge >= 0.3 is 0 Å². The molecule has 0 spiro atoms. The molecule has 1 aromatic heterocycles. The van der Waals surface area contributed by atoms with Gasteiger partial charge in [0, 0.05) is 18.8 Å². The lowest BCUT2D eigenvalue weighted by atomic mass is 9.99. The van der Waals surface area contributed by atoms with Gasteiger partial charge in [0.25, 0.3) is 5.91 Å². The summed E-state index contributed by atoms with van der Waals surface area (Å²) in [5.74, 6) is 0.538. The van der Waals surface area contributed by atoms with Crippen molar-refractivity contribution in [1.29, 1.82) is 0 Å². The van der Waals surface area contributed by atoms with Crippen LogP contribution in [0.2, 0.25) is 0 Å². The molecule has 4 nitrogen and oxygen atoms in total. The molecule has 1 aromatic rings. The Bertz CT molecular complexity index is 388. The van der Waals surface area contributed by atoms with Crippen molar-refractivity contribution in [2.24, 2.45) is 0 Å². The third-order valence-corrected chi connectivity index (χ3v) is 3.39. The van der Waals surface area contributed by atoms with Crippen LogP contribution in [0.3, 0.4) is 0 Å². The van der Waals surface area contributed by atoms with E-state index < -0.39 is 0 Å². The third kappa shape index (κ3) is 2.57. The number of likely N-dealkylation sites (tertiary alicyclic amines) is 1. The third-order valence-electron chi connectivity index (χ3n) is 3.39. The summed E-state index contributed by atoms with van der Waals surface area (Å²) in [6.07, 6.45) is 6.03. The molecule has 0 saturated carbocycles. The monoisotopic (exact) mass is 233 g/mol. The fourth-order valence-corrected chi connectivity index (χ4v) is 2.39. The van der Waals surface area contributed by atoms with E-state index in [9.17, 15) is 4.79 Å². The molecule has 1 fully saturated rings. The van der Waals surface area contributed by atoms with Crippen molar-refractivity contribution in [3.63, 3.8) is 0 Å². The van der Waals surface area contributed by atoms with Crippen molar-refractivity contribution < 1.29 is 4.79 Å². The van der Waals surface area contributed by atoms with Gasteiger partial charge in [-0.2, -0.15) is 0 Å². The zero-order chi connectivity index (χ0) is 12.3. The number of rotatable bonds is 2. The van der Waals surface area contributed by atoms with Gasteiger partial charge in [-0.3, -0.25) is 4.79 Å². The predicted molar refractivity (Wildman–Crippen MR) is 67.6 cm³/mol. The van der Waals surface area contributed by atoms with Gasteiger partial charge in [0.2, 0.25) is 0 Å². The maximum Gasteiger partial charge on any atom is 0.255 e. The Hall–Kier alpha value is -1.58. The van der Waals surface area contributed by atoms with Gasteiger partial charge in [-0.25, -0.2) is 4.98 Å².